The number of halogens is 1. The van der Waals surface area contributed by atoms with Crippen molar-refractivity contribution < 1.29 is 4.74 Å². The lowest BCUT2D eigenvalue weighted by molar-refractivity contribution is 0.471. The second-order valence-electron chi connectivity index (χ2n) is 4.67. The van der Waals surface area contributed by atoms with E-state index in [1.54, 1.807) is 6.20 Å². The van der Waals surface area contributed by atoms with Crippen LogP contribution in [0.25, 0.3) is 0 Å². The Kier molecular flexibility index (Phi) is 4.56. The highest BCUT2D eigenvalue weighted by Gasteiger charge is 2.08. The fraction of sp³-hybridized carbons (Fsp3) is 0.267. The molecule has 4 heteroatoms. The Labute approximate surface area is 121 Å². The van der Waals surface area contributed by atoms with Gasteiger partial charge in [0.2, 0.25) is 0 Å². The molecule has 0 saturated heterocycles. The first-order valence-corrected chi connectivity index (χ1v) is 6.98. The van der Waals surface area contributed by atoms with Crippen LogP contribution in [-0.4, -0.2) is 11.0 Å². The Morgan fingerprint density at radius 1 is 1.32 bits per heavy atom. The number of hydrogen-bond donors (Lipinski definition) is 1. The first-order chi connectivity index (χ1) is 9.04. The Balaban J connectivity index is 2.27. The molecule has 2 aromatic rings. The lowest BCUT2D eigenvalue weighted by Crippen LogP contribution is -2.18. The van der Waals surface area contributed by atoms with Crippen molar-refractivity contribution in [1.82, 2.24) is 4.98 Å². The second-order valence-corrected chi connectivity index (χ2v) is 5.59. The van der Waals surface area contributed by atoms with E-state index in [0.717, 1.165) is 33.6 Å². The van der Waals surface area contributed by atoms with Gasteiger partial charge in [-0.3, -0.25) is 4.98 Å². The van der Waals surface area contributed by atoms with Gasteiger partial charge < -0.3 is 10.5 Å². The first-order valence-electron chi connectivity index (χ1n) is 6.19. The highest BCUT2D eigenvalue weighted by atomic mass is 79.9. The van der Waals surface area contributed by atoms with Crippen LogP contribution in [0.2, 0.25) is 0 Å². The molecule has 19 heavy (non-hydrogen) atoms. The zero-order valence-electron chi connectivity index (χ0n) is 11.1. The number of hydrogen-bond acceptors (Lipinski definition) is 3. The lowest BCUT2D eigenvalue weighted by atomic mass is 10.1. The van der Waals surface area contributed by atoms with Crippen LogP contribution in [0.5, 0.6) is 11.5 Å². The first kappa shape index (κ1) is 14.0. The maximum Gasteiger partial charge on any atom is 0.145 e. The highest BCUT2D eigenvalue weighted by molar-refractivity contribution is 9.10. The number of rotatable bonds is 4. The molecule has 0 fully saturated rings. The van der Waals surface area contributed by atoms with Crippen LogP contribution >= 0.6 is 15.9 Å². The quantitative estimate of drug-likeness (QED) is 0.931. The number of pyridine rings is 1. The summed E-state index contributed by atoms with van der Waals surface area (Å²) in [4.78, 5) is 4.23. The van der Waals surface area contributed by atoms with E-state index < -0.39 is 0 Å². The van der Waals surface area contributed by atoms with E-state index in [0.29, 0.717) is 0 Å². The fourth-order valence-electron chi connectivity index (χ4n) is 1.78. The minimum absolute atomic E-state index is 0.0969. The third-order valence-corrected chi connectivity index (χ3v) is 3.18. The zero-order chi connectivity index (χ0) is 13.8. The molecule has 0 aliphatic rings. The van der Waals surface area contributed by atoms with Gasteiger partial charge in [-0.25, -0.2) is 0 Å². The predicted octanol–water partition coefficient (Wildman–Crippen LogP) is 3.83. The summed E-state index contributed by atoms with van der Waals surface area (Å²) < 4.78 is 6.88. The van der Waals surface area contributed by atoms with E-state index in [1.807, 2.05) is 44.2 Å². The SMILES string of the molecule is Cc1ccc(Oc2cc(Br)ccc2CC(C)N)cn1. The van der Waals surface area contributed by atoms with E-state index in [-0.39, 0.29) is 6.04 Å². The smallest absolute Gasteiger partial charge is 0.145 e. The van der Waals surface area contributed by atoms with Crippen LogP contribution < -0.4 is 10.5 Å². The summed E-state index contributed by atoms with van der Waals surface area (Å²) in [7, 11) is 0. The lowest BCUT2D eigenvalue weighted by Gasteiger charge is -2.13. The molecule has 1 aromatic heterocycles. The molecule has 0 aliphatic heterocycles. The van der Waals surface area contributed by atoms with Crippen LogP contribution in [0.3, 0.4) is 0 Å². The molecule has 0 saturated carbocycles. The summed E-state index contributed by atoms with van der Waals surface area (Å²) in [5.41, 5.74) is 7.93. The Morgan fingerprint density at radius 2 is 2.11 bits per heavy atom. The van der Waals surface area contributed by atoms with Crippen LogP contribution in [0.1, 0.15) is 18.2 Å². The zero-order valence-corrected chi connectivity index (χ0v) is 12.6. The normalized spacial score (nSPS) is 12.2. The van der Waals surface area contributed by atoms with Crippen molar-refractivity contribution in [2.24, 2.45) is 5.73 Å². The van der Waals surface area contributed by atoms with Crippen molar-refractivity contribution in [3.8, 4) is 11.5 Å². The topological polar surface area (TPSA) is 48.1 Å². The van der Waals surface area contributed by atoms with E-state index in [1.165, 1.54) is 0 Å². The molecule has 0 spiro atoms. The molecule has 2 N–H and O–H groups in total. The van der Waals surface area contributed by atoms with Crippen molar-refractivity contribution in [3.63, 3.8) is 0 Å². The van der Waals surface area contributed by atoms with Gasteiger partial charge in [0.15, 0.2) is 0 Å². The number of aryl methyl sites for hydroxylation is 1. The van der Waals surface area contributed by atoms with Gasteiger partial charge in [-0.2, -0.15) is 0 Å². The van der Waals surface area contributed by atoms with Gasteiger partial charge in [0.05, 0.1) is 6.20 Å². The van der Waals surface area contributed by atoms with Gasteiger partial charge >= 0.3 is 0 Å². The summed E-state index contributed by atoms with van der Waals surface area (Å²) in [6.07, 6.45) is 2.51. The Hall–Kier alpha value is -1.39. The third-order valence-electron chi connectivity index (χ3n) is 2.68. The number of aromatic nitrogens is 1. The Bertz CT molecular complexity index is 553. The van der Waals surface area contributed by atoms with E-state index in [9.17, 15) is 0 Å². The second kappa shape index (κ2) is 6.17. The maximum atomic E-state index is 5.90. The molecule has 0 radical (unpaired) electrons. The van der Waals surface area contributed by atoms with Gasteiger partial charge in [-0.05, 0) is 50.1 Å². The molecule has 1 unspecified atom stereocenters. The minimum atomic E-state index is 0.0969. The van der Waals surface area contributed by atoms with Crippen molar-refractivity contribution in [2.75, 3.05) is 0 Å². The van der Waals surface area contributed by atoms with E-state index in [2.05, 4.69) is 20.9 Å². The molecule has 0 bridgehead atoms. The Morgan fingerprint density at radius 3 is 2.74 bits per heavy atom. The highest BCUT2D eigenvalue weighted by Crippen LogP contribution is 2.29. The van der Waals surface area contributed by atoms with Crippen molar-refractivity contribution in [2.45, 2.75) is 26.3 Å². The van der Waals surface area contributed by atoms with Crippen LogP contribution in [-0.2, 0) is 6.42 Å². The van der Waals surface area contributed by atoms with Gasteiger partial charge in [-0.15, -0.1) is 0 Å². The van der Waals surface area contributed by atoms with Crippen molar-refractivity contribution in [1.29, 1.82) is 0 Å². The molecular weight excluding hydrogens is 304 g/mol. The average Bonchev–Trinajstić information content (AvgIpc) is 2.35. The molecule has 2 rings (SSSR count). The standard InChI is InChI=1S/C15H17BrN2O/c1-10(17)7-12-4-5-13(16)8-15(12)19-14-6-3-11(2)18-9-14/h3-6,8-10H,7,17H2,1-2H3. The molecular formula is C15H17BrN2O. The summed E-state index contributed by atoms with van der Waals surface area (Å²) in [6.45, 7) is 3.93. The van der Waals surface area contributed by atoms with E-state index >= 15 is 0 Å². The van der Waals surface area contributed by atoms with Gasteiger partial charge in [0, 0.05) is 16.2 Å². The largest absolute Gasteiger partial charge is 0.455 e. The number of nitrogens with zero attached hydrogens (tertiary/aromatic N) is 1. The summed E-state index contributed by atoms with van der Waals surface area (Å²) >= 11 is 3.46. The van der Waals surface area contributed by atoms with Crippen LogP contribution in [0, 0.1) is 6.92 Å². The molecule has 1 aromatic carbocycles. The summed E-state index contributed by atoms with van der Waals surface area (Å²) in [5.74, 6) is 1.55. The monoisotopic (exact) mass is 320 g/mol. The molecule has 1 atom stereocenters. The van der Waals surface area contributed by atoms with Crippen molar-refractivity contribution in [3.05, 3.63) is 52.3 Å². The summed E-state index contributed by atoms with van der Waals surface area (Å²) in [5, 5.41) is 0. The van der Waals surface area contributed by atoms with Gasteiger partial charge in [0.25, 0.3) is 0 Å². The van der Waals surface area contributed by atoms with Gasteiger partial charge in [0.1, 0.15) is 11.5 Å². The third kappa shape index (κ3) is 4.04. The molecule has 3 nitrogen and oxygen atoms in total. The minimum Gasteiger partial charge on any atom is -0.455 e. The van der Waals surface area contributed by atoms with Crippen LogP contribution in [0.4, 0.5) is 0 Å². The van der Waals surface area contributed by atoms with Crippen LogP contribution in [0.15, 0.2) is 41.0 Å². The van der Waals surface area contributed by atoms with Gasteiger partial charge in [-0.1, -0.05) is 22.0 Å². The maximum absolute atomic E-state index is 5.90. The molecule has 1 heterocycles. The number of benzene rings is 1. The van der Waals surface area contributed by atoms with E-state index in [4.69, 9.17) is 10.5 Å². The number of nitrogens with two attached hydrogens (primary N) is 1. The summed E-state index contributed by atoms with van der Waals surface area (Å²) in [6, 6.07) is 9.93. The fourth-order valence-corrected chi connectivity index (χ4v) is 2.12. The predicted molar refractivity (Wildman–Crippen MR) is 80.5 cm³/mol. The average molecular weight is 321 g/mol. The van der Waals surface area contributed by atoms with Crippen molar-refractivity contribution >= 4 is 15.9 Å². The number of ether oxygens (including phenoxy) is 1. The molecule has 100 valence electrons. The molecule has 0 amide bonds. The molecule has 0 aliphatic carbocycles.